The molecule has 0 radical (unpaired) electrons. The van der Waals surface area contributed by atoms with E-state index in [1.54, 1.807) is 4.90 Å². The van der Waals surface area contributed by atoms with Gasteiger partial charge >= 0.3 is 5.97 Å². The first kappa shape index (κ1) is 26.6. The average molecular weight is 498 g/mol. The maximum absolute atomic E-state index is 13.4. The van der Waals surface area contributed by atoms with Crippen molar-refractivity contribution in [2.24, 2.45) is 23.2 Å². The second-order valence-corrected chi connectivity index (χ2v) is 12.1. The maximum atomic E-state index is 13.4. The number of nitrogens with zero attached hydrogens (tertiary/aromatic N) is 2. The van der Waals surface area contributed by atoms with Crippen LogP contribution in [0.2, 0.25) is 0 Å². The number of nitrogens with one attached hydrogen (secondary N) is 1. The Kier molecular flexibility index (Phi) is 8.70. The van der Waals surface area contributed by atoms with Gasteiger partial charge in [-0.3, -0.25) is 19.3 Å². The molecule has 2 N–H and O–H groups in total. The highest BCUT2D eigenvalue weighted by Gasteiger charge is 2.42. The number of amides is 2. The van der Waals surface area contributed by atoms with Gasteiger partial charge in [-0.25, -0.2) is 0 Å². The van der Waals surface area contributed by atoms with E-state index in [0.717, 1.165) is 38.4 Å². The van der Waals surface area contributed by atoms with Crippen LogP contribution in [0.15, 0.2) is 30.3 Å². The molecule has 1 aliphatic heterocycles. The van der Waals surface area contributed by atoms with Gasteiger partial charge < -0.3 is 15.3 Å². The summed E-state index contributed by atoms with van der Waals surface area (Å²) in [4.78, 5) is 41.9. The van der Waals surface area contributed by atoms with E-state index in [0.29, 0.717) is 31.3 Å². The Labute approximate surface area is 215 Å². The van der Waals surface area contributed by atoms with Gasteiger partial charge in [0.1, 0.15) is 6.04 Å². The number of rotatable bonds is 9. The van der Waals surface area contributed by atoms with Crippen molar-refractivity contribution >= 4 is 17.8 Å². The minimum atomic E-state index is -0.948. The average Bonchev–Trinajstić information content (AvgIpc) is 2.81. The highest BCUT2D eigenvalue weighted by molar-refractivity contribution is 5.88. The molecular formula is C29H43N3O4. The number of carboxylic acids is 1. The number of fused-ring (bicyclic) bond motifs is 2. The summed E-state index contributed by atoms with van der Waals surface area (Å²) in [7, 11) is 0. The molecule has 3 atom stereocenters. The lowest BCUT2D eigenvalue weighted by Crippen LogP contribution is -2.55. The summed E-state index contributed by atoms with van der Waals surface area (Å²) in [6, 6.07) is 9.51. The molecular weight excluding hydrogens is 454 g/mol. The van der Waals surface area contributed by atoms with Crippen LogP contribution in [-0.4, -0.2) is 64.9 Å². The Hall–Kier alpha value is -2.41. The molecule has 2 bridgehead atoms. The third kappa shape index (κ3) is 7.31. The van der Waals surface area contributed by atoms with Crippen LogP contribution in [0.4, 0.5) is 0 Å². The van der Waals surface area contributed by atoms with Gasteiger partial charge in [-0.05, 0) is 67.3 Å². The van der Waals surface area contributed by atoms with Crippen molar-refractivity contribution in [3.8, 4) is 0 Å². The molecule has 3 unspecified atom stereocenters. The number of aliphatic carboxylic acids is 1. The summed E-state index contributed by atoms with van der Waals surface area (Å²) in [6.45, 7) is 8.12. The third-order valence-corrected chi connectivity index (χ3v) is 8.50. The Morgan fingerprint density at radius 3 is 2.28 bits per heavy atom. The van der Waals surface area contributed by atoms with E-state index in [-0.39, 0.29) is 30.1 Å². The number of carbonyl (C=O) groups excluding carboxylic acids is 2. The normalized spacial score (nSPS) is 29.4. The fourth-order valence-corrected chi connectivity index (χ4v) is 7.20. The number of hydrogen-bond donors (Lipinski definition) is 2. The van der Waals surface area contributed by atoms with Gasteiger partial charge in [-0.15, -0.1) is 0 Å². The van der Waals surface area contributed by atoms with Gasteiger partial charge in [0.05, 0.1) is 0 Å². The van der Waals surface area contributed by atoms with Crippen LogP contribution in [0.25, 0.3) is 0 Å². The number of hydrogen-bond acceptors (Lipinski definition) is 4. The number of piperazine rings is 1. The molecule has 0 spiro atoms. The molecule has 2 amide bonds. The van der Waals surface area contributed by atoms with Gasteiger partial charge in [-0.2, -0.15) is 0 Å². The highest BCUT2D eigenvalue weighted by Crippen LogP contribution is 2.51. The van der Waals surface area contributed by atoms with Crippen molar-refractivity contribution in [2.75, 3.05) is 26.2 Å². The molecule has 7 nitrogen and oxygen atoms in total. The quantitative estimate of drug-likeness (QED) is 0.540. The van der Waals surface area contributed by atoms with Crippen molar-refractivity contribution in [3.05, 3.63) is 35.9 Å². The summed E-state index contributed by atoms with van der Waals surface area (Å²) in [5, 5.41) is 12.2. The second kappa shape index (κ2) is 11.8. The van der Waals surface area contributed by atoms with Crippen LogP contribution in [0.3, 0.4) is 0 Å². The lowest BCUT2D eigenvalue weighted by atomic mass is 9.58. The second-order valence-electron chi connectivity index (χ2n) is 12.1. The summed E-state index contributed by atoms with van der Waals surface area (Å²) in [5.41, 5.74) is 1.21. The standard InChI is InChI=1S/C29H43N3O4/c1-21-14-23-16-24(15-21)18-29(2,17-23)19-26(33)30-25(8-9-27(34)35)28(36)32-12-10-31(11-13-32)20-22-6-4-3-5-7-22/h3-7,21,23-25H,8-20H2,1-2H3,(H,30,33)(H,34,35). The zero-order valence-corrected chi connectivity index (χ0v) is 22.0. The number of carboxylic acid groups (broad SMARTS) is 1. The summed E-state index contributed by atoms with van der Waals surface area (Å²) < 4.78 is 0. The van der Waals surface area contributed by atoms with E-state index >= 15 is 0 Å². The van der Waals surface area contributed by atoms with Crippen molar-refractivity contribution in [3.63, 3.8) is 0 Å². The topological polar surface area (TPSA) is 89.9 Å². The zero-order chi connectivity index (χ0) is 25.7. The molecule has 0 aromatic heterocycles. The van der Waals surface area contributed by atoms with Gasteiger partial charge in [0.2, 0.25) is 11.8 Å². The summed E-state index contributed by atoms with van der Waals surface area (Å²) in [6.07, 6.45) is 6.34. The first-order valence-electron chi connectivity index (χ1n) is 13.8. The molecule has 4 rings (SSSR count). The molecule has 3 fully saturated rings. The summed E-state index contributed by atoms with van der Waals surface area (Å²) >= 11 is 0. The fourth-order valence-electron chi connectivity index (χ4n) is 7.20. The van der Waals surface area contributed by atoms with Crippen LogP contribution >= 0.6 is 0 Å². The van der Waals surface area contributed by atoms with Gasteiger partial charge in [0, 0.05) is 45.6 Å². The molecule has 1 saturated heterocycles. The Morgan fingerprint density at radius 1 is 1.03 bits per heavy atom. The zero-order valence-electron chi connectivity index (χ0n) is 22.0. The van der Waals surface area contributed by atoms with Crippen LogP contribution in [0.1, 0.15) is 70.8 Å². The lowest BCUT2D eigenvalue weighted by Gasteiger charge is -2.47. The number of carbonyl (C=O) groups is 3. The molecule has 1 heterocycles. The number of benzene rings is 1. The van der Waals surface area contributed by atoms with E-state index in [2.05, 4.69) is 36.2 Å². The van der Waals surface area contributed by atoms with Gasteiger partial charge in [-0.1, -0.05) is 44.2 Å². The Morgan fingerprint density at radius 2 is 1.67 bits per heavy atom. The van der Waals surface area contributed by atoms with Crippen molar-refractivity contribution in [1.82, 2.24) is 15.1 Å². The van der Waals surface area contributed by atoms with Crippen LogP contribution < -0.4 is 5.32 Å². The van der Waals surface area contributed by atoms with E-state index in [9.17, 15) is 19.5 Å². The first-order valence-corrected chi connectivity index (χ1v) is 13.8. The SMILES string of the molecule is CC1CC2CC(C1)CC(C)(CC(=O)NC(CCC(=O)O)C(=O)N1CCN(Cc3ccccc3)CC1)C2. The van der Waals surface area contributed by atoms with E-state index in [1.165, 1.54) is 24.8 Å². The van der Waals surface area contributed by atoms with Crippen molar-refractivity contribution in [2.45, 2.75) is 77.8 Å². The molecule has 7 heteroatoms. The molecule has 1 aromatic carbocycles. The van der Waals surface area contributed by atoms with Crippen molar-refractivity contribution in [1.29, 1.82) is 0 Å². The fraction of sp³-hybridized carbons (Fsp3) is 0.690. The first-order chi connectivity index (χ1) is 17.2. The summed E-state index contributed by atoms with van der Waals surface area (Å²) in [5.74, 6) is 0.957. The molecule has 198 valence electrons. The monoisotopic (exact) mass is 497 g/mol. The molecule has 3 aliphatic rings. The molecule has 2 saturated carbocycles. The Bertz CT molecular complexity index is 894. The minimum Gasteiger partial charge on any atom is -0.481 e. The highest BCUT2D eigenvalue weighted by atomic mass is 16.4. The third-order valence-electron chi connectivity index (χ3n) is 8.50. The van der Waals surface area contributed by atoms with Crippen LogP contribution in [0.5, 0.6) is 0 Å². The van der Waals surface area contributed by atoms with Crippen LogP contribution in [0, 0.1) is 23.2 Å². The lowest BCUT2D eigenvalue weighted by molar-refractivity contribution is -0.141. The molecule has 36 heavy (non-hydrogen) atoms. The predicted molar refractivity (Wildman–Crippen MR) is 139 cm³/mol. The largest absolute Gasteiger partial charge is 0.481 e. The molecule has 2 aliphatic carbocycles. The van der Waals surface area contributed by atoms with Gasteiger partial charge in [0.15, 0.2) is 0 Å². The van der Waals surface area contributed by atoms with Crippen LogP contribution in [-0.2, 0) is 20.9 Å². The van der Waals surface area contributed by atoms with E-state index in [4.69, 9.17) is 0 Å². The smallest absolute Gasteiger partial charge is 0.303 e. The predicted octanol–water partition coefficient (Wildman–Crippen LogP) is 3.92. The Balaban J connectivity index is 1.32. The minimum absolute atomic E-state index is 0.0404. The van der Waals surface area contributed by atoms with E-state index in [1.807, 2.05) is 18.2 Å². The van der Waals surface area contributed by atoms with Crippen molar-refractivity contribution < 1.29 is 19.5 Å². The maximum Gasteiger partial charge on any atom is 0.303 e. The van der Waals surface area contributed by atoms with E-state index < -0.39 is 12.0 Å². The van der Waals surface area contributed by atoms with Gasteiger partial charge in [0.25, 0.3) is 0 Å². The molecule has 1 aromatic rings.